The molecule has 0 saturated heterocycles. The van der Waals surface area contributed by atoms with Crippen molar-refractivity contribution in [3.05, 3.63) is 72.6 Å². The highest BCUT2D eigenvalue weighted by molar-refractivity contribution is 9.10. The lowest BCUT2D eigenvalue weighted by Gasteiger charge is -2.18. The third-order valence-corrected chi connectivity index (χ3v) is 5.82. The van der Waals surface area contributed by atoms with E-state index < -0.39 is 0 Å². The van der Waals surface area contributed by atoms with Crippen LogP contribution in [0, 0.1) is 19.1 Å². The molecule has 1 aromatic carbocycles. The normalized spacial score (nSPS) is 11.2. The number of hydrogen-bond acceptors (Lipinski definition) is 2. The summed E-state index contributed by atoms with van der Waals surface area (Å²) < 4.78 is 1.78. The van der Waals surface area contributed by atoms with Crippen molar-refractivity contribution >= 4 is 39.1 Å². The highest BCUT2D eigenvalue weighted by Gasteiger charge is 2.27. The quantitative estimate of drug-likeness (QED) is 0.330. The summed E-state index contributed by atoms with van der Waals surface area (Å²) >= 11 is 10.1. The Morgan fingerprint density at radius 2 is 1.79 bits per heavy atom. The number of carbonyl (C=O) groups is 1. The third-order valence-electron chi connectivity index (χ3n) is 4.94. The molecule has 1 N–H and O–H groups in total. The molecule has 2 rings (SSSR count). The van der Waals surface area contributed by atoms with Gasteiger partial charge in [0.2, 0.25) is 5.69 Å². The fourth-order valence-corrected chi connectivity index (χ4v) is 4.29. The van der Waals surface area contributed by atoms with E-state index in [0.29, 0.717) is 28.4 Å². The van der Waals surface area contributed by atoms with E-state index in [-0.39, 0.29) is 11.5 Å². The number of aryl methyl sites for hydroxylation is 2. The monoisotopic (exact) mass is 464 g/mol. The first-order valence-electron chi connectivity index (χ1n) is 9.41. The Kier molecular flexibility index (Phi) is 7.67. The molecule has 0 aliphatic heterocycles. The Morgan fingerprint density at radius 1 is 1.21 bits per heavy atom. The molecule has 4 nitrogen and oxygen atoms in total. The molecule has 1 heterocycles. The maximum absolute atomic E-state index is 13.2. The summed E-state index contributed by atoms with van der Waals surface area (Å²) in [5, 5.41) is 16.0. The summed E-state index contributed by atoms with van der Waals surface area (Å²) in [5.74, 6) is -0.361. The zero-order valence-electron chi connectivity index (χ0n) is 17.0. The van der Waals surface area contributed by atoms with Gasteiger partial charge in [0, 0.05) is 29.6 Å². The van der Waals surface area contributed by atoms with Crippen LogP contribution in [0.25, 0.3) is 0 Å². The zero-order valence-corrected chi connectivity index (χ0v) is 19.3. The summed E-state index contributed by atoms with van der Waals surface area (Å²) in [7, 11) is 0. The number of anilines is 1. The van der Waals surface area contributed by atoms with E-state index in [9.17, 15) is 10.0 Å². The Balaban J connectivity index is 2.58. The molecule has 0 spiro atoms. The molecule has 2 aromatic rings. The third kappa shape index (κ3) is 4.41. The van der Waals surface area contributed by atoms with Crippen molar-refractivity contribution in [1.82, 2.24) is 0 Å². The number of allylic oxidation sites excluding steroid dienone is 2. The molecule has 0 radical (unpaired) electrons. The van der Waals surface area contributed by atoms with Crippen LogP contribution in [-0.2, 0) is 19.3 Å². The van der Waals surface area contributed by atoms with Crippen LogP contribution in [0.15, 0.2) is 28.8 Å². The van der Waals surface area contributed by atoms with Gasteiger partial charge in [0.15, 0.2) is 5.69 Å². The maximum atomic E-state index is 13.2. The molecule has 1 aromatic heterocycles. The summed E-state index contributed by atoms with van der Waals surface area (Å²) in [5.41, 5.74) is 4.58. The van der Waals surface area contributed by atoms with Crippen molar-refractivity contribution in [1.29, 1.82) is 0 Å². The van der Waals surface area contributed by atoms with E-state index in [1.807, 2.05) is 45.1 Å². The number of pyridine rings is 1. The van der Waals surface area contributed by atoms with Crippen LogP contribution in [0.1, 0.15) is 59.2 Å². The lowest BCUT2D eigenvalue weighted by atomic mass is 10.0. The van der Waals surface area contributed by atoms with Crippen LogP contribution in [0.4, 0.5) is 5.69 Å². The van der Waals surface area contributed by atoms with Crippen molar-refractivity contribution < 1.29 is 9.52 Å². The van der Waals surface area contributed by atoms with Gasteiger partial charge in [0.25, 0.3) is 5.91 Å². The minimum atomic E-state index is -0.361. The van der Waals surface area contributed by atoms with Crippen LogP contribution >= 0.6 is 27.5 Å². The Labute approximate surface area is 180 Å². The van der Waals surface area contributed by atoms with Gasteiger partial charge >= 0.3 is 0 Å². The number of nitrogens with zero attached hydrogens (tertiary/aromatic N) is 1. The van der Waals surface area contributed by atoms with Crippen molar-refractivity contribution in [2.75, 3.05) is 5.32 Å². The van der Waals surface area contributed by atoms with Gasteiger partial charge in [-0.05, 0) is 49.4 Å². The van der Waals surface area contributed by atoms with E-state index >= 15 is 0 Å². The van der Waals surface area contributed by atoms with E-state index in [0.717, 1.165) is 38.9 Å². The molecule has 150 valence electrons. The number of nitrogens with one attached hydrogen (secondary N) is 1. The van der Waals surface area contributed by atoms with Gasteiger partial charge in [-0.15, -0.1) is 0 Å². The van der Waals surface area contributed by atoms with Gasteiger partial charge in [0.05, 0.1) is 5.02 Å². The topological polar surface area (TPSA) is 56.0 Å². The molecule has 0 aliphatic carbocycles. The van der Waals surface area contributed by atoms with Crippen molar-refractivity contribution in [2.24, 2.45) is 0 Å². The fraction of sp³-hybridized carbons (Fsp3) is 0.364. The van der Waals surface area contributed by atoms with Crippen LogP contribution in [0.3, 0.4) is 0 Å². The number of aromatic nitrogens is 1. The average molecular weight is 466 g/mol. The van der Waals surface area contributed by atoms with Gasteiger partial charge in [-0.1, -0.05) is 53.5 Å². The van der Waals surface area contributed by atoms with Crippen LogP contribution in [0.2, 0.25) is 5.02 Å². The van der Waals surface area contributed by atoms with E-state index in [2.05, 4.69) is 21.2 Å². The predicted molar refractivity (Wildman–Crippen MR) is 119 cm³/mol. The number of rotatable bonds is 6. The molecular weight excluding hydrogens is 440 g/mol. The number of amides is 1. The summed E-state index contributed by atoms with van der Waals surface area (Å²) in [6.45, 7) is 9.35. The SMILES string of the molecule is C/C=C/Cc1c(Cl)c(C(=O)Nc2c(CC)cc(Br)cc2CC)c(C)[n+]([O-])c1C. The lowest BCUT2D eigenvalue weighted by molar-refractivity contribution is -0.619. The van der Waals surface area contributed by atoms with E-state index in [1.54, 1.807) is 13.8 Å². The Hall–Kier alpha value is -1.85. The maximum Gasteiger partial charge on any atom is 0.263 e. The van der Waals surface area contributed by atoms with E-state index in [4.69, 9.17) is 11.6 Å². The first-order chi connectivity index (χ1) is 13.3. The minimum absolute atomic E-state index is 0.230. The number of carbonyl (C=O) groups excluding carboxylic acids is 1. The number of benzene rings is 1. The Bertz CT molecular complexity index is 914. The summed E-state index contributed by atoms with van der Waals surface area (Å²) in [6, 6.07) is 4.01. The highest BCUT2D eigenvalue weighted by atomic mass is 79.9. The summed E-state index contributed by atoms with van der Waals surface area (Å²) in [4.78, 5) is 13.2. The molecule has 0 fully saturated rings. The van der Waals surface area contributed by atoms with Gasteiger partial charge in [0.1, 0.15) is 5.56 Å². The standard InChI is InChI=1S/C22H26BrClN2O2/c1-6-9-10-18-13(4)26(28)14(5)19(20(18)24)22(27)25-21-15(7-2)11-17(23)12-16(21)8-3/h6,9,11-12H,7-8,10H2,1-5H3,(H,25,27)/b9-6+. The largest absolute Gasteiger partial charge is 0.618 e. The van der Waals surface area contributed by atoms with Crippen molar-refractivity contribution in [3.63, 3.8) is 0 Å². The first-order valence-corrected chi connectivity index (χ1v) is 10.6. The first kappa shape index (κ1) is 22.4. The highest BCUT2D eigenvalue weighted by Crippen LogP contribution is 2.30. The van der Waals surface area contributed by atoms with Gasteiger partial charge in [-0.25, -0.2) is 0 Å². The van der Waals surface area contributed by atoms with Gasteiger partial charge in [-0.2, -0.15) is 4.73 Å². The molecule has 0 atom stereocenters. The van der Waals surface area contributed by atoms with E-state index in [1.165, 1.54) is 0 Å². The second kappa shape index (κ2) is 9.57. The molecule has 1 amide bonds. The molecular formula is C22H26BrClN2O2. The minimum Gasteiger partial charge on any atom is -0.618 e. The van der Waals surface area contributed by atoms with Crippen molar-refractivity contribution in [2.45, 2.75) is 53.9 Å². The van der Waals surface area contributed by atoms with Crippen LogP contribution in [0.5, 0.6) is 0 Å². The molecule has 0 unspecified atom stereocenters. The molecule has 0 saturated carbocycles. The number of hydrogen-bond donors (Lipinski definition) is 1. The van der Waals surface area contributed by atoms with Crippen LogP contribution in [-0.4, -0.2) is 5.91 Å². The molecule has 28 heavy (non-hydrogen) atoms. The van der Waals surface area contributed by atoms with Gasteiger partial charge < -0.3 is 10.5 Å². The van der Waals surface area contributed by atoms with Crippen molar-refractivity contribution in [3.8, 4) is 0 Å². The second-order valence-electron chi connectivity index (χ2n) is 6.67. The zero-order chi connectivity index (χ0) is 21.0. The molecule has 6 heteroatoms. The lowest BCUT2D eigenvalue weighted by Crippen LogP contribution is -2.38. The average Bonchev–Trinajstić information content (AvgIpc) is 2.67. The summed E-state index contributed by atoms with van der Waals surface area (Å²) in [6.07, 6.45) is 5.87. The number of halogens is 2. The molecule has 0 bridgehead atoms. The second-order valence-corrected chi connectivity index (χ2v) is 7.96. The van der Waals surface area contributed by atoms with Gasteiger partial charge in [-0.3, -0.25) is 4.79 Å². The molecule has 0 aliphatic rings. The predicted octanol–water partition coefficient (Wildman–Crippen LogP) is 5.85. The van der Waals surface area contributed by atoms with Crippen LogP contribution < -0.4 is 10.0 Å². The smallest absolute Gasteiger partial charge is 0.263 e. The Morgan fingerprint density at radius 3 is 2.29 bits per heavy atom. The fourth-order valence-electron chi connectivity index (χ4n) is 3.30.